The summed E-state index contributed by atoms with van der Waals surface area (Å²) in [5.41, 5.74) is 5.51. The van der Waals surface area contributed by atoms with E-state index in [2.05, 4.69) is 62.4 Å². The molecule has 96 valence electrons. The zero-order valence-corrected chi connectivity index (χ0v) is 12.0. The molecule has 0 saturated heterocycles. The van der Waals surface area contributed by atoms with Crippen LogP contribution >= 0.6 is 0 Å². The zero-order chi connectivity index (χ0) is 13.4. The fraction of sp³-hybridized carbons (Fsp3) is 0.333. The molecule has 0 spiro atoms. The number of rotatable bonds is 3. The van der Waals surface area contributed by atoms with E-state index in [4.69, 9.17) is 0 Å². The highest BCUT2D eigenvalue weighted by molar-refractivity contribution is 5.30. The smallest absolute Gasteiger partial charge is 0.00258 e. The van der Waals surface area contributed by atoms with Gasteiger partial charge in [-0.3, -0.25) is 0 Å². The van der Waals surface area contributed by atoms with Crippen molar-refractivity contribution >= 4 is 0 Å². The van der Waals surface area contributed by atoms with Crippen molar-refractivity contribution in [1.82, 2.24) is 0 Å². The van der Waals surface area contributed by atoms with Crippen molar-refractivity contribution in [3.8, 4) is 0 Å². The van der Waals surface area contributed by atoms with Crippen LogP contribution in [-0.4, -0.2) is 0 Å². The van der Waals surface area contributed by atoms with E-state index in [0.29, 0.717) is 0 Å². The van der Waals surface area contributed by atoms with Crippen molar-refractivity contribution in [3.63, 3.8) is 0 Å². The first-order valence-corrected chi connectivity index (χ1v) is 6.91. The van der Waals surface area contributed by atoms with E-state index >= 15 is 0 Å². The average Bonchev–Trinajstić information content (AvgIpc) is 2.44. The van der Waals surface area contributed by atoms with E-state index < -0.39 is 0 Å². The van der Waals surface area contributed by atoms with Crippen molar-refractivity contribution in [2.24, 2.45) is 0 Å². The molecule has 0 amide bonds. The molecule has 2 aromatic rings. The van der Waals surface area contributed by atoms with Gasteiger partial charge in [-0.05, 0) is 36.5 Å². The molecule has 0 heterocycles. The monoisotopic (exact) mass is 240 g/mol. The molecular formula is C18H24. The standard InChI is InChI=1S/C16H18.C2H6/c1-3-14-8-10-16(11-9-14)12-15-6-4-13(2)5-7-15;1-2/h4-11H,3,12H2,1-2H3;1-2H3. The number of hydrogen-bond donors (Lipinski definition) is 0. The molecule has 0 nitrogen and oxygen atoms in total. The molecular weight excluding hydrogens is 216 g/mol. The van der Waals surface area contributed by atoms with Gasteiger partial charge in [0.05, 0.1) is 0 Å². The van der Waals surface area contributed by atoms with Crippen molar-refractivity contribution < 1.29 is 0 Å². The number of aryl methyl sites for hydroxylation is 2. The quantitative estimate of drug-likeness (QED) is 0.694. The summed E-state index contributed by atoms with van der Waals surface area (Å²) in [6.07, 6.45) is 2.15. The second kappa shape index (κ2) is 7.71. The molecule has 0 saturated carbocycles. The highest BCUT2D eigenvalue weighted by atomic mass is 14.0. The maximum absolute atomic E-state index is 2.23. The van der Waals surface area contributed by atoms with Crippen LogP contribution in [0.1, 0.15) is 43.0 Å². The van der Waals surface area contributed by atoms with E-state index in [9.17, 15) is 0 Å². The highest BCUT2D eigenvalue weighted by Gasteiger charge is 1.96. The fourth-order valence-corrected chi connectivity index (χ4v) is 1.83. The summed E-state index contributed by atoms with van der Waals surface area (Å²) >= 11 is 0. The van der Waals surface area contributed by atoms with Gasteiger partial charge in [0.2, 0.25) is 0 Å². The summed E-state index contributed by atoms with van der Waals surface area (Å²) in [7, 11) is 0. The van der Waals surface area contributed by atoms with Gasteiger partial charge in [0, 0.05) is 0 Å². The Bertz CT molecular complexity index is 434. The van der Waals surface area contributed by atoms with E-state index in [1.54, 1.807) is 0 Å². The summed E-state index contributed by atoms with van der Waals surface area (Å²) < 4.78 is 0. The summed E-state index contributed by atoms with van der Waals surface area (Å²) in [6, 6.07) is 17.7. The Kier molecular flexibility index (Phi) is 6.21. The topological polar surface area (TPSA) is 0 Å². The number of hydrogen-bond acceptors (Lipinski definition) is 0. The van der Waals surface area contributed by atoms with Crippen LogP contribution in [0.3, 0.4) is 0 Å². The van der Waals surface area contributed by atoms with Crippen LogP contribution < -0.4 is 0 Å². The Balaban J connectivity index is 0.000000771. The average molecular weight is 240 g/mol. The maximum Gasteiger partial charge on any atom is -0.00258 e. The second-order valence-electron chi connectivity index (χ2n) is 4.33. The predicted octanol–water partition coefficient (Wildman–Crippen LogP) is 5.17. The lowest BCUT2D eigenvalue weighted by molar-refractivity contribution is 1.12. The van der Waals surface area contributed by atoms with Crippen molar-refractivity contribution in [1.29, 1.82) is 0 Å². The molecule has 0 bridgehead atoms. The predicted molar refractivity (Wildman–Crippen MR) is 81.2 cm³/mol. The Morgan fingerprint density at radius 1 is 0.667 bits per heavy atom. The maximum atomic E-state index is 2.23. The lowest BCUT2D eigenvalue weighted by Gasteiger charge is -2.03. The molecule has 18 heavy (non-hydrogen) atoms. The van der Waals surface area contributed by atoms with Crippen LogP contribution in [-0.2, 0) is 12.8 Å². The summed E-state index contributed by atoms with van der Waals surface area (Å²) in [5.74, 6) is 0. The van der Waals surface area contributed by atoms with Gasteiger partial charge in [-0.2, -0.15) is 0 Å². The molecule has 2 aromatic carbocycles. The van der Waals surface area contributed by atoms with E-state index in [0.717, 1.165) is 12.8 Å². The minimum atomic E-state index is 1.03. The summed E-state index contributed by atoms with van der Waals surface area (Å²) in [4.78, 5) is 0. The molecule has 0 fully saturated rings. The molecule has 0 aliphatic carbocycles. The van der Waals surface area contributed by atoms with Gasteiger partial charge in [0.1, 0.15) is 0 Å². The Labute approximate surface area is 112 Å². The lowest BCUT2D eigenvalue weighted by atomic mass is 10.0. The highest BCUT2D eigenvalue weighted by Crippen LogP contribution is 2.12. The number of benzene rings is 2. The van der Waals surface area contributed by atoms with Gasteiger partial charge >= 0.3 is 0 Å². The van der Waals surface area contributed by atoms with Gasteiger partial charge in [-0.15, -0.1) is 0 Å². The first-order valence-electron chi connectivity index (χ1n) is 6.91. The fourth-order valence-electron chi connectivity index (χ4n) is 1.83. The van der Waals surface area contributed by atoms with Crippen molar-refractivity contribution in [3.05, 3.63) is 70.8 Å². The van der Waals surface area contributed by atoms with Crippen LogP contribution in [0.5, 0.6) is 0 Å². The first-order chi connectivity index (χ1) is 8.78. The Morgan fingerprint density at radius 2 is 1.06 bits per heavy atom. The van der Waals surface area contributed by atoms with Gasteiger partial charge in [-0.25, -0.2) is 0 Å². The molecule has 2 rings (SSSR count). The van der Waals surface area contributed by atoms with E-state index in [1.165, 1.54) is 22.3 Å². The normalized spacial score (nSPS) is 9.56. The molecule has 0 aliphatic heterocycles. The molecule has 0 aromatic heterocycles. The van der Waals surface area contributed by atoms with E-state index in [-0.39, 0.29) is 0 Å². The third-order valence-corrected chi connectivity index (χ3v) is 2.96. The van der Waals surface area contributed by atoms with Gasteiger partial charge in [0.15, 0.2) is 0 Å². The molecule has 0 N–H and O–H groups in total. The van der Waals surface area contributed by atoms with Crippen molar-refractivity contribution in [2.45, 2.75) is 40.5 Å². The molecule has 0 heteroatoms. The van der Waals surface area contributed by atoms with Crippen LogP contribution in [0.25, 0.3) is 0 Å². The molecule has 0 atom stereocenters. The van der Waals surface area contributed by atoms with Gasteiger partial charge in [0.25, 0.3) is 0 Å². The lowest BCUT2D eigenvalue weighted by Crippen LogP contribution is -1.89. The van der Waals surface area contributed by atoms with Gasteiger partial charge in [-0.1, -0.05) is 74.9 Å². The zero-order valence-electron chi connectivity index (χ0n) is 12.0. The molecule has 0 aliphatic rings. The Morgan fingerprint density at radius 3 is 1.50 bits per heavy atom. The second-order valence-corrected chi connectivity index (χ2v) is 4.33. The summed E-state index contributed by atoms with van der Waals surface area (Å²) in [6.45, 7) is 8.31. The largest absolute Gasteiger partial charge is 0.0683 e. The van der Waals surface area contributed by atoms with E-state index in [1.807, 2.05) is 13.8 Å². The van der Waals surface area contributed by atoms with Crippen LogP contribution in [0, 0.1) is 6.92 Å². The van der Waals surface area contributed by atoms with Crippen LogP contribution in [0.2, 0.25) is 0 Å². The van der Waals surface area contributed by atoms with Crippen LogP contribution in [0.4, 0.5) is 0 Å². The van der Waals surface area contributed by atoms with Crippen molar-refractivity contribution in [2.75, 3.05) is 0 Å². The SMILES string of the molecule is CC.CCc1ccc(Cc2ccc(C)cc2)cc1. The third-order valence-electron chi connectivity index (χ3n) is 2.96. The minimum Gasteiger partial charge on any atom is -0.0683 e. The Hall–Kier alpha value is -1.56. The molecule has 0 radical (unpaired) electrons. The molecule has 0 unspecified atom stereocenters. The first kappa shape index (κ1) is 14.5. The van der Waals surface area contributed by atoms with Gasteiger partial charge < -0.3 is 0 Å². The summed E-state index contributed by atoms with van der Waals surface area (Å²) in [5, 5.41) is 0. The minimum absolute atomic E-state index is 1.03. The van der Waals surface area contributed by atoms with Crippen LogP contribution in [0.15, 0.2) is 48.5 Å². The third kappa shape index (κ3) is 4.37.